The molecular weight excluding hydrogens is 254 g/mol. The molecule has 1 N–H and O–H groups in total. The summed E-state index contributed by atoms with van der Waals surface area (Å²) >= 11 is 0. The molecule has 1 unspecified atom stereocenters. The number of H-pyrrole nitrogens is 1. The molecule has 1 heterocycles. The standard InChI is InChI=1S/C15H19N3O2/c1-4-20-15(19)12(11-8-6-5-7-9-11)14-16-13(10(2)3)17-18-14/h5-10,12H,4H2,1-3H3,(H,16,17,18). The summed E-state index contributed by atoms with van der Waals surface area (Å²) in [6, 6.07) is 9.46. The van der Waals surface area contributed by atoms with Gasteiger partial charge in [0.25, 0.3) is 0 Å². The molecule has 20 heavy (non-hydrogen) atoms. The average Bonchev–Trinajstić information content (AvgIpc) is 2.90. The molecule has 0 bridgehead atoms. The Kier molecular flexibility index (Phi) is 4.50. The number of nitrogens with zero attached hydrogens (tertiary/aromatic N) is 2. The van der Waals surface area contributed by atoms with Crippen LogP contribution in [-0.2, 0) is 9.53 Å². The molecule has 1 aromatic carbocycles. The summed E-state index contributed by atoms with van der Waals surface area (Å²) < 4.78 is 5.16. The lowest BCUT2D eigenvalue weighted by molar-refractivity contribution is -0.144. The lowest BCUT2D eigenvalue weighted by Gasteiger charge is -2.13. The van der Waals surface area contributed by atoms with Gasteiger partial charge in [-0.1, -0.05) is 44.2 Å². The van der Waals surface area contributed by atoms with Gasteiger partial charge >= 0.3 is 5.97 Å². The topological polar surface area (TPSA) is 67.9 Å². The van der Waals surface area contributed by atoms with Crippen LogP contribution in [0.4, 0.5) is 0 Å². The summed E-state index contributed by atoms with van der Waals surface area (Å²) in [6.45, 7) is 6.15. The summed E-state index contributed by atoms with van der Waals surface area (Å²) in [4.78, 5) is 16.6. The third kappa shape index (κ3) is 3.04. The Bertz CT molecular complexity index is 564. The van der Waals surface area contributed by atoms with E-state index in [1.165, 1.54) is 0 Å². The van der Waals surface area contributed by atoms with E-state index in [0.717, 1.165) is 5.56 Å². The second kappa shape index (κ2) is 6.32. The third-order valence-corrected chi connectivity index (χ3v) is 2.97. The van der Waals surface area contributed by atoms with Gasteiger partial charge < -0.3 is 4.74 Å². The first-order valence-electron chi connectivity index (χ1n) is 6.77. The van der Waals surface area contributed by atoms with Crippen molar-refractivity contribution in [2.24, 2.45) is 0 Å². The Balaban J connectivity index is 2.38. The van der Waals surface area contributed by atoms with E-state index in [1.807, 2.05) is 44.2 Å². The predicted molar refractivity (Wildman–Crippen MR) is 75.4 cm³/mol. The van der Waals surface area contributed by atoms with Gasteiger partial charge in [0.15, 0.2) is 5.82 Å². The molecule has 5 heteroatoms. The number of hydrogen-bond donors (Lipinski definition) is 1. The van der Waals surface area contributed by atoms with Gasteiger partial charge in [0.05, 0.1) is 6.61 Å². The molecule has 1 aromatic heterocycles. The zero-order valence-electron chi connectivity index (χ0n) is 12.0. The van der Waals surface area contributed by atoms with E-state index in [-0.39, 0.29) is 11.9 Å². The van der Waals surface area contributed by atoms with Crippen LogP contribution in [0.25, 0.3) is 0 Å². The van der Waals surface area contributed by atoms with Gasteiger partial charge in [0.1, 0.15) is 11.7 Å². The van der Waals surface area contributed by atoms with E-state index in [9.17, 15) is 4.79 Å². The summed E-state index contributed by atoms with van der Waals surface area (Å²) in [5.41, 5.74) is 0.845. The molecule has 5 nitrogen and oxygen atoms in total. The van der Waals surface area contributed by atoms with Crippen LogP contribution in [0.2, 0.25) is 0 Å². The minimum atomic E-state index is -0.559. The zero-order chi connectivity index (χ0) is 14.5. The Hall–Kier alpha value is -2.17. The number of hydrogen-bond acceptors (Lipinski definition) is 4. The highest BCUT2D eigenvalue weighted by Gasteiger charge is 2.27. The van der Waals surface area contributed by atoms with Crippen molar-refractivity contribution in [3.05, 3.63) is 47.5 Å². The van der Waals surface area contributed by atoms with Crippen molar-refractivity contribution in [3.8, 4) is 0 Å². The summed E-state index contributed by atoms with van der Waals surface area (Å²) in [5, 5.41) is 7.02. The monoisotopic (exact) mass is 273 g/mol. The van der Waals surface area contributed by atoms with Crippen LogP contribution >= 0.6 is 0 Å². The number of carbonyl (C=O) groups excluding carboxylic acids is 1. The number of nitrogens with one attached hydrogen (secondary N) is 1. The van der Waals surface area contributed by atoms with Gasteiger partial charge in [0.2, 0.25) is 0 Å². The number of ether oxygens (including phenoxy) is 1. The number of aromatic nitrogens is 3. The molecule has 0 aliphatic heterocycles. The van der Waals surface area contributed by atoms with Crippen LogP contribution in [0.15, 0.2) is 30.3 Å². The Morgan fingerprint density at radius 1 is 1.30 bits per heavy atom. The molecule has 0 radical (unpaired) electrons. The highest BCUT2D eigenvalue weighted by molar-refractivity contribution is 5.81. The number of aromatic amines is 1. The lowest BCUT2D eigenvalue weighted by Crippen LogP contribution is -2.18. The molecule has 0 aliphatic rings. The van der Waals surface area contributed by atoms with E-state index < -0.39 is 5.92 Å². The molecule has 1 atom stereocenters. The third-order valence-electron chi connectivity index (χ3n) is 2.97. The molecule has 2 aromatic rings. The number of esters is 1. The minimum absolute atomic E-state index is 0.207. The van der Waals surface area contributed by atoms with Crippen LogP contribution in [-0.4, -0.2) is 27.8 Å². The van der Waals surface area contributed by atoms with E-state index in [2.05, 4.69) is 15.2 Å². The van der Waals surface area contributed by atoms with Crippen LogP contribution in [0.5, 0.6) is 0 Å². The van der Waals surface area contributed by atoms with Gasteiger partial charge in [-0.25, -0.2) is 4.98 Å². The van der Waals surface area contributed by atoms with Crippen LogP contribution in [0.3, 0.4) is 0 Å². The van der Waals surface area contributed by atoms with Gasteiger partial charge in [-0.15, -0.1) is 0 Å². The predicted octanol–water partition coefficient (Wildman–Crippen LogP) is 2.62. The lowest BCUT2D eigenvalue weighted by atomic mass is 9.98. The maximum atomic E-state index is 12.2. The largest absolute Gasteiger partial charge is 0.465 e. The summed E-state index contributed by atoms with van der Waals surface area (Å²) in [6.07, 6.45) is 0. The van der Waals surface area contributed by atoms with E-state index in [1.54, 1.807) is 6.92 Å². The number of rotatable bonds is 5. The van der Waals surface area contributed by atoms with Crippen LogP contribution < -0.4 is 0 Å². The van der Waals surface area contributed by atoms with E-state index >= 15 is 0 Å². The summed E-state index contributed by atoms with van der Waals surface area (Å²) in [5.74, 6) is 0.559. The van der Waals surface area contributed by atoms with Crippen molar-refractivity contribution in [2.75, 3.05) is 6.61 Å². The van der Waals surface area contributed by atoms with Crippen molar-refractivity contribution in [2.45, 2.75) is 32.6 Å². The van der Waals surface area contributed by atoms with Crippen molar-refractivity contribution < 1.29 is 9.53 Å². The van der Waals surface area contributed by atoms with Crippen molar-refractivity contribution in [1.82, 2.24) is 15.2 Å². The van der Waals surface area contributed by atoms with E-state index in [0.29, 0.717) is 18.3 Å². The SMILES string of the molecule is CCOC(=O)C(c1ccccc1)c1nc(C(C)C)n[nH]1. The molecule has 0 spiro atoms. The first kappa shape index (κ1) is 14.2. The van der Waals surface area contributed by atoms with Gasteiger partial charge in [-0.3, -0.25) is 9.89 Å². The average molecular weight is 273 g/mol. The minimum Gasteiger partial charge on any atom is -0.465 e. The van der Waals surface area contributed by atoms with Gasteiger partial charge in [0, 0.05) is 5.92 Å². The van der Waals surface area contributed by atoms with Gasteiger partial charge in [-0.2, -0.15) is 5.10 Å². The second-order valence-electron chi connectivity index (χ2n) is 4.83. The fraction of sp³-hybridized carbons (Fsp3) is 0.400. The Labute approximate surface area is 118 Å². The van der Waals surface area contributed by atoms with Crippen LogP contribution in [0.1, 0.15) is 49.8 Å². The van der Waals surface area contributed by atoms with E-state index in [4.69, 9.17) is 4.74 Å². The van der Waals surface area contributed by atoms with Crippen LogP contribution in [0, 0.1) is 0 Å². The maximum absolute atomic E-state index is 12.2. The maximum Gasteiger partial charge on any atom is 0.321 e. The first-order valence-corrected chi connectivity index (χ1v) is 6.77. The highest BCUT2D eigenvalue weighted by Crippen LogP contribution is 2.24. The van der Waals surface area contributed by atoms with Crippen molar-refractivity contribution in [3.63, 3.8) is 0 Å². The second-order valence-corrected chi connectivity index (χ2v) is 4.83. The molecular formula is C15H19N3O2. The molecule has 0 amide bonds. The molecule has 2 rings (SSSR count). The Morgan fingerprint density at radius 3 is 2.55 bits per heavy atom. The fourth-order valence-corrected chi connectivity index (χ4v) is 1.95. The molecule has 0 saturated carbocycles. The van der Waals surface area contributed by atoms with Crippen molar-refractivity contribution >= 4 is 5.97 Å². The fourth-order valence-electron chi connectivity index (χ4n) is 1.95. The molecule has 0 aliphatic carbocycles. The molecule has 106 valence electrons. The normalized spacial score (nSPS) is 12.4. The molecule has 0 fully saturated rings. The quantitative estimate of drug-likeness (QED) is 0.850. The zero-order valence-corrected chi connectivity index (χ0v) is 12.0. The number of carbonyl (C=O) groups is 1. The molecule has 0 saturated heterocycles. The smallest absolute Gasteiger partial charge is 0.321 e. The first-order chi connectivity index (χ1) is 9.63. The Morgan fingerprint density at radius 2 is 2.00 bits per heavy atom. The highest BCUT2D eigenvalue weighted by atomic mass is 16.5. The number of benzene rings is 1. The van der Waals surface area contributed by atoms with Gasteiger partial charge in [-0.05, 0) is 12.5 Å². The van der Waals surface area contributed by atoms with Crippen molar-refractivity contribution in [1.29, 1.82) is 0 Å². The summed E-state index contributed by atoms with van der Waals surface area (Å²) in [7, 11) is 0.